The highest BCUT2D eigenvalue weighted by atomic mass is 16.6. The third kappa shape index (κ3) is 2.95. The van der Waals surface area contributed by atoms with Crippen molar-refractivity contribution in [1.82, 2.24) is 5.32 Å². The molecule has 1 amide bonds. The van der Waals surface area contributed by atoms with Crippen molar-refractivity contribution >= 4 is 11.8 Å². The molecule has 6 nitrogen and oxygen atoms in total. The Morgan fingerprint density at radius 3 is 2.78 bits per heavy atom. The lowest BCUT2D eigenvalue weighted by molar-refractivity contribution is 0.141. The van der Waals surface area contributed by atoms with Gasteiger partial charge in [-0.05, 0) is 37.5 Å². The van der Waals surface area contributed by atoms with Crippen LogP contribution in [0.1, 0.15) is 25.3 Å². The molecule has 1 saturated carbocycles. The second kappa shape index (κ2) is 5.84. The topological polar surface area (TPSA) is 91.4 Å². The summed E-state index contributed by atoms with van der Waals surface area (Å²) in [6, 6.07) is 10.0. The summed E-state index contributed by atoms with van der Waals surface area (Å²) in [5, 5.41) is 12.3. The van der Waals surface area contributed by atoms with Crippen LogP contribution in [0.15, 0.2) is 36.2 Å². The van der Waals surface area contributed by atoms with Crippen molar-refractivity contribution < 1.29 is 9.53 Å². The molecule has 0 radical (unpaired) electrons. The van der Waals surface area contributed by atoms with E-state index in [1.807, 2.05) is 31.2 Å². The second-order valence-corrected chi connectivity index (χ2v) is 6.09. The number of rotatable bonds is 5. The Labute approximate surface area is 135 Å². The highest BCUT2D eigenvalue weighted by molar-refractivity contribution is 5.89. The fourth-order valence-corrected chi connectivity index (χ4v) is 2.72. The van der Waals surface area contributed by atoms with E-state index in [1.165, 1.54) is 6.20 Å². The average molecular weight is 312 g/mol. The Bertz CT molecular complexity index is 671. The van der Waals surface area contributed by atoms with E-state index in [2.05, 4.69) is 11.4 Å². The summed E-state index contributed by atoms with van der Waals surface area (Å²) in [4.78, 5) is 13.6. The number of amides is 1. The molecule has 0 aromatic heterocycles. The van der Waals surface area contributed by atoms with Crippen LogP contribution >= 0.6 is 0 Å². The van der Waals surface area contributed by atoms with Crippen molar-refractivity contribution in [2.24, 2.45) is 5.73 Å². The summed E-state index contributed by atoms with van der Waals surface area (Å²) in [5.41, 5.74) is 7.76. The van der Waals surface area contributed by atoms with Gasteiger partial charge in [-0.1, -0.05) is 12.1 Å². The summed E-state index contributed by atoms with van der Waals surface area (Å²) in [6.45, 7) is 2.87. The minimum atomic E-state index is -0.347. The van der Waals surface area contributed by atoms with E-state index < -0.39 is 0 Å². The molecule has 1 aromatic rings. The van der Waals surface area contributed by atoms with Crippen LogP contribution in [-0.4, -0.2) is 25.3 Å². The third-order valence-electron chi connectivity index (χ3n) is 4.43. The van der Waals surface area contributed by atoms with E-state index in [9.17, 15) is 10.1 Å². The van der Waals surface area contributed by atoms with Crippen LogP contribution in [0.2, 0.25) is 0 Å². The first-order valence-corrected chi connectivity index (χ1v) is 7.70. The molecule has 1 aromatic carbocycles. The number of cyclic esters (lactones) is 1. The molecule has 120 valence electrons. The number of ether oxygens (including phenoxy) is 1. The van der Waals surface area contributed by atoms with E-state index in [0.717, 1.165) is 29.8 Å². The number of carbonyl (C=O) groups excluding carboxylic acids is 1. The lowest BCUT2D eigenvalue weighted by Gasteiger charge is -2.15. The van der Waals surface area contributed by atoms with Crippen molar-refractivity contribution in [2.45, 2.75) is 31.3 Å². The number of hydrogen-bond donors (Lipinski definition) is 2. The number of allylic oxidation sites excluding steroid dienone is 1. The SMILES string of the molecule is C/C(=C/N)NCC1CN(c2ccc(C3(C#N)CC3)cc2)C(=O)O1. The van der Waals surface area contributed by atoms with Gasteiger partial charge in [0.2, 0.25) is 0 Å². The van der Waals surface area contributed by atoms with Crippen LogP contribution in [0, 0.1) is 11.3 Å². The number of nitriles is 1. The maximum Gasteiger partial charge on any atom is 0.414 e. The van der Waals surface area contributed by atoms with Crippen LogP contribution in [0.3, 0.4) is 0 Å². The summed E-state index contributed by atoms with van der Waals surface area (Å²) >= 11 is 0. The zero-order chi connectivity index (χ0) is 16.4. The smallest absolute Gasteiger partial charge is 0.414 e. The van der Waals surface area contributed by atoms with E-state index in [1.54, 1.807) is 4.90 Å². The first-order valence-electron chi connectivity index (χ1n) is 7.70. The molecule has 0 spiro atoms. The van der Waals surface area contributed by atoms with E-state index in [0.29, 0.717) is 13.1 Å². The van der Waals surface area contributed by atoms with E-state index in [-0.39, 0.29) is 17.6 Å². The molecule has 1 saturated heterocycles. The Kier molecular flexibility index (Phi) is 3.87. The Morgan fingerprint density at radius 1 is 1.52 bits per heavy atom. The molecule has 0 bridgehead atoms. The predicted octanol–water partition coefficient (Wildman–Crippen LogP) is 1.98. The van der Waals surface area contributed by atoms with Crippen molar-refractivity contribution in [3.8, 4) is 6.07 Å². The standard InChI is InChI=1S/C17H20N4O2/c1-12(8-18)20-9-15-10-21(16(22)23-15)14-4-2-13(3-5-14)17(11-19)6-7-17/h2-5,8,15,20H,6-7,9-10,18H2,1H3/b12-8-. The Morgan fingerprint density at radius 2 is 2.22 bits per heavy atom. The van der Waals surface area contributed by atoms with Crippen LogP contribution in [-0.2, 0) is 10.2 Å². The quantitative estimate of drug-likeness (QED) is 0.867. The van der Waals surface area contributed by atoms with Gasteiger partial charge >= 0.3 is 6.09 Å². The number of hydrogen-bond acceptors (Lipinski definition) is 5. The summed E-state index contributed by atoms with van der Waals surface area (Å²) < 4.78 is 5.36. The molecule has 3 rings (SSSR count). The van der Waals surface area contributed by atoms with Crippen LogP contribution in [0.4, 0.5) is 10.5 Å². The van der Waals surface area contributed by atoms with Gasteiger partial charge in [0.25, 0.3) is 0 Å². The highest BCUT2D eigenvalue weighted by Gasteiger charge is 2.44. The molecule has 1 atom stereocenters. The lowest BCUT2D eigenvalue weighted by atomic mass is 9.97. The lowest BCUT2D eigenvalue weighted by Crippen LogP contribution is -2.30. The number of nitrogens with two attached hydrogens (primary N) is 1. The zero-order valence-electron chi connectivity index (χ0n) is 13.1. The van der Waals surface area contributed by atoms with Gasteiger partial charge in [-0.15, -0.1) is 0 Å². The van der Waals surface area contributed by atoms with Gasteiger partial charge in [-0.25, -0.2) is 4.79 Å². The maximum absolute atomic E-state index is 12.0. The second-order valence-electron chi connectivity index (χ2n) is 6.09. The van der Waals surface area contributed by atoms with Gasteiger partial charge in [0.15, 0.2) is 0 Å². The zero-order valence-corrected chi connectivity index (χ0v) is 13.1. The number of nitrogens with zero attached hydrogens (tertiary/aromatic N) is 2. The molecular formula is C17H20N4O2. The summed E-state index contributed by atoms with van der Waals surface area (Å²) in [6.07, 6.45) is 2.74. The molecule has 2 aliphatic rings. The van der Waals surface area contributed by atoms with Crippen molar-refractivity contribution in [3.63, 3.8) is 0 Å². The fourth-order valence-electron chi connectivity index (χ4n) is 2.72. The van der Waals surface area contributed by atoms with Crippen LogP contribution < -0.4 is 16.0 Å². The first-order chi connectivity index (χ1) is 11.1. The molecule has 3 N–H and O–H groups in total. The molecule has 2 fully saturated rings. The normalized spacial score (nSPS) is 22.4. The van der Waals surface area contributed by atoms with Crippen molar-refractivity contribution in [1.29, 1.82) is 5.26 Å². The van der Waals surface area contributed by atoms with Crippen LogP contribution in [0.5, 0.6) is 0 Å². The van der Waals surface area contributed by atoms with Crippen molar-refractivity contribution in [3.05, 3.63) is 41.7 Å². The molecular weight excluding hydrogens is 292 g/mol. The maximum atomic E-state index is 12.0. The largest absolute Gasteiger partial charge is 0.442 e. The van der Waals surface area contributed by atoms with E-state index in [4.69, 9.17) is 10.5 Å². The van der Waals surface area contributed by atoms with Gasteiger partial charge in [0.05, 0.1) is 24.6 Å². The molecule has 1 aliphatic carbocycles. The third-order valence-corrected chi connectivity index (χ3v) is 4.43. The minimum Gasteiger partial charge on any atom is -0.442 e. The molecule has 1 unspecified atom stereocenters. The number of nitrogens with one attached hydrogen (secondary N) is 1. The van der Waals surface area contributed by atoms with Gasteiger partial charge in [0.1, 0.15) is 6.10 Å². The Balaban J connectivity index is 1.65. The summed E-state index contributed by atoms with van der Waals surface area (Å²) in [7, 11) is 0. The Hall–Kier alpha value is -2.68. The summed E-state index contributed by atoms with van der Waals surface area (Å²) in [5.74, 6) is 0. The highest BCUT2D eigenvalue weighted by Crippen LogP contribution is 2.47. The molecule has 1 heterocycles. The van der Waals surface area contributed by atoms with Gasteiger partial charge in [-0.3, -0.25) is 4.90 Å². The number of anilines is 1. The molecule has 6 heteroatoms. The minimum absolute atomic E-state index is 0.217. The first kappa shape index (κ1) is 15.2. The fraction of sp³-hybridized carbons (Fsp3) is 0.412. The van der Waals surface area contributed by atoms with Crippen LogP contribution in [0.25, 0.3) is 0 Å². The molecule has 1 aliphatic heterocycles. The predicted molar refractivity (Wildman–Crippen MR) is 86.5 cm³/mol. The monoisotopic (exact) mass is 312 g/mol. The van der Waals surface area contributed by atoms with Gasteiger partial charge < -0.3 is 15.8 Å². The average Bonchev–Trinajstić information content (AvgIpc) is 3.30. The number of carbonyl (C=O) groups is 1. The van der Waals surface area contributed by atoms with Gasteiger partial charge in [-0.2, -0.15) is 5.26 Å². The van der Waals surface area contributed by atoms with Crippen molar-refractivity contribution in [2.75, 3.05) is 18.0 Å². The molecule has 23 heavy (non-hydrogen) atoms. The van der Waals surface area contributed by atoms with Gasteiger partial charge in [0, 0.05) is 17.6 Å². The number of benzene rings is 1. The van der Waals surface area contributed by atoms with E-state index >= 15 is 0 Å².